The number of carbonyl (C=O) groups excluding carboxylic acids is 1. The third kappa shape index (κ3) is 7.13. The minimum Gasteiger partial charge on any atom is -0.463 e. The van der Waals surface area contributed by atoms with E-state index in [9.17, 15) is 4.79 Å². The van der Waals surface area contributed by atoms with Crippen LogP contribution < -0.4 is 0 Å². The summed E-state index contributed by atoms with van der Waals surface area (Å²) in [5.74, 6) is 4.07. The molecule has 108 valence electrons. The number of aliphatic hydroxyl groups excluding tert-OH is 1. The number of hydrogen-bond donors (Lipinski definition) is 1. The van der Waals surface area contributed by atoms with E-state index in [0.29, 0.717) is 6.61 Å². The van der Waals surface area contributed by atoms with Crippen LogP contribution in [0.3, 0.4) is 0 Å². The van der Waals surface area contributed by atoms with Gasteiger partial charge in [-0.25, -0.2) is 0 Å². The summed E-state index contributed by atoms with van der Waals surface area (Å²) in [5.41, 5.74) is 0. The molecule has 0 spiro atoms. The van der Waals surface area contributed by atoms with Gasteiger partial charge < -0.3 is 24.1 Å². The predicted molar refractivity (Wildman–Crippen MR) is 66.2 cm³/mol. The van der Waals surface area contributed by atoms with Gasteiger partial charge in [-0.3, -0.25) is 4.79 Å². The third-order valence-corrected chi connectivity index (χ3v) is 2.33. The number of esters is 1. The second-order valence-corrected chi connectivity index (χ2v) is 4.45. The first kappa shape index (κ1) is 15.9. The smallest absolute Gasteiger partial charge is 0.308 e. The average Bonchev–Trinajstić information content (AvgIpc) is 2.71. The minimum atomic E-state index is -0.606. The van der Waals surface area contributed by atoms with Gasteiger partial charge in [-0.05, 0) is 13.8 Å². The number of aliphatic hydroxyl groups is 1. The van der Waals surface area contributed by atoms with Crippen LogP contribution in [0, 0.1) is 11.8 Å². The van der Waals surface area contributed by atoms with Crippen molar-refractivity contribution < 1.29 is 28.8 Å². The van der Waals surface area contributed by atoms with Crippen LogP contribution >= 0.6 is 0 Å². The first-order chi connectivity index (χ1) is 9.03. The van der Waals surface area contributed by atoms with Crippen LogP contribution in [0.1, 0.15) is 20.3 Å². The van der Waals surface area contributed by atoms with E-state index in [4.69, 9.17) is 24.1 Å². The lowest BCUT2D eigenvalue weighted by atomic mass is 10.4. The largest absolute Gasteiger partial charge is 0.463 e. The topological polar surface area (TPSA) is 74.2 Å². The van der Waals surface area contributed by atoms with Crippen molar-refractivity contribution in [1.82, 2.24) is 0 Å². The summed E-state index contributed by atoms with van der Waals surface area (Å²) in [5, 5.41) is 8.40. The van der Waals surface area contributed by atoms with Crippen molar-refractivity contribution >= 4 is 5.97 Å². The van der Waals surface area contributed by atoms with Gasteiger partial charge >= 0.3 is 5.97 Å². The summed E-state index contributed by atoms with van der Waals surface area (Å²) in [6.07, 6.45) is -0.0482. The van der Waals surface area contributed by atoms with E-state index in [1.54, 1.807) is 0 Å². The molecule has 1 aliphatic heterocycles. The van der Waals surface area contributed by atoms with Gasteiger partial charge in [-0.15, -0.1) is 0 Å². The van der Waals surface area contributed by atoms with Gasteiger partial charge in [0.15, 0.2) is 5.79 Å². The molecule has 19 heavy (non-hydrogen) atoms. The average molecular weight is 272 g/mol. The lowest BCUT2D eigenvalue weighted by molar-refractivity contribution is -0.159. The first-order valence-corrected chi connectivity index (χ1v) is 6.15. The highest BCUT2D eigenvalue weighted by Gasteiger charge is 2.33. The Hall–Kier alpha value is -1.13. The molecule has 0 bridgehead atoms. The predicted octanol–water partition coefficient (Wildman–Crippen LogP) is 0.0835. The Balaban J connectivity index is 2.02. The zero-order valence-electron chi connectivity index (χ0n) is 11.3. The number of ether oxygens (including phenoxy) is 4. The molecule has 1 heterocycles. The highest BCUT2D eigenvalue weighted by Crippen LogP contribution is 2.22. The summed E-state index contributed by atoms with van der Waals surface area (Å²) in [4.78, 5) is 11.4. The molecular formula is C13H20O6. The molecule has 1 atom stereocenters. The summed E-state index contributed by atoms with van der Waals surface area (Å²) >= 11 is 0. The van der Waals surface area contributed by atoms with Gasteiger partial charge in [-0.1, -0.05) is 11.8 Å². The van der Waals surface area contributed by atoms with Crippen molar-refractivity contribution in [2.75, 3.05) is 33.0 Å². The van der Waals surface area contributed by atoms with Gasteiger partial charge in [-0.2, -0.15) is 0 Å². The van der Waals surface area contributed by atoms with Crippen molar-refractivity contribution in [2.24, 2.45) is 0 Å². The fourth-order valence-electron chi connectivity index (χ4n) is 1.49. The molecule has 1 aliphatic rings. The molecule has 0 saturated carbocycles. The van der Waals surface area contributed by atoms with Gasteiger partial charge in [0.2, 0.25) is 0 Å². The van der Waals surface area contributed by atoms with Crippen LogP contribution in [0.4, 0.5) is 0 Å². The quantitative estimate of drug-likeness (QED) is 0.419. The van der Waals surface area contributed by atoms with Gasteiger partial charge in [0.1, 0.15) is 25.9 Å². The van der Waals surface area contributed by atoms with Crippen LogP contribution in [0.5, 0.6) is 0 Å². The van der Waals surface area contributed by atoms with Crippen molar-refractivity contribution in [2.45, 2.75) is 32.2 Å². The summed E-state index contributed by atoms with van der Waals surface area (Å²) in [6, 6.07) is 0. The molecule has 0 aromatic carbocycles. The maximum atomic E-state index is 11.4. The normalized spacial score (nSPS) is 20.7. The molecule has 1 unspecified atom stereocenters. The van der Waals surface area contributed by atoms with Crippen LogP contribution in [0.15, 0.2) is 0 Å². The van der Waals surface area contributed by atoms with Crippen molar-refractivity contribution in [1.29, 1.82) is 0 Å². The standard InChI is InChI=1S/C13H20O6/c1-13(2)18-10-11(19-13)9-17-12(15)5-8-16-7-4-3-6-14/h11,14H,5-10H2,1-2H3. The second-order valence-electron chi connectivity index (χ2n) is 4.45. The Labute approximate surface area is 113 Å². The second kappa shape index (κ2) is 8.12. The maximum absolute atomic E-state index is 11.4. The maximum Gasteiger partial charge on any atom is 0.308 e. The summed E-state index contributed by atoms with van der Waals surface area (Å²) in [6.45, 7) is 4.49. The highest BCUT2D eigenvalue weighted by atomic mass is 16.7. The zero-order chi connectivity index (χ0) is 14.1. The van der Waals surface area contributed by atoms with Gasteiger partial charge in [0.05, 0.1) is 19.6 Å². The Bertz CT molecular complexity index is 341. The molecule has 0 radical (unpaired) electrons. The fraction of sp³-hybridized carbons (Fsp3) is 0.769. The number of hydrogen-bond acceptors (Lipinski definition) is 6. The van der Waals surface area contributed by atoms with E-state index in [1.165, 1.54) is 0 Å². The molecule has 0 aromatic heterocycles. The third-order valence-electron chi connectivity index (χ3n) is 2.33. The number of carbonyl (C=O) groups is 1. The molecule has 0 aliphatic carbocycles. The lowest BCUT2D eigenvalue weighted by Crippen LogP contribution is -2.25. The van der Waals surface area contributed by atoms with E-state index in [1.807, 2.05) is 13.8 Å². The molecule has 6 heteroatoms. The number of rotatable bonds is 6. The van der Waals surface area contributed by atoms with E-state index in [0.717, 1.165) is 0 Å². The Morgan fingerprint density at radius 3 is 2.89 bits per heavy atom. The highest BCUT2D eigenvalue weighted by molar-refractivity contribution is 5.69. The van der Waals surface area contributed by atoms with Gasteiger partial charge in [0, 0.05) is 0 Å². The molecule has 0 aromatic rings. The first-order valence-electron chi connectivity index (χ1n) is 6.15. The van der Waals surface area contributed by atoms with Crippen LogP contribution in [-0.4, -0.2) is 56.0 Å². The molecule has 1 saturated heterocycles. The zero-order valence-corrected chi connectivity index (χ0v) is 11.3. The van der Waals surface area contributed by atoms with E-state index < -0.39 is 5.79 Å². The molecule has 1 fully saturated rings. The molecule has 1 rings (SSSR count). The van der Waals surface area contributed by atoms with Crippen LogP contribution in [0.2, 0.25) is 0 Å². The Morgan fingerprint density at radius 1 is 1.47 bits per heavy atom. The SMILES string of the molecule is CC1(C)OCC(COC(=O)CCOCC#CCO)O1. The minimum absolute atomic E-state index is 0.164. The van der Waals surface area contributed by atoms with Crippen molar-refractivity contribution in [3.05, 3.63) is 0 Å². The van der Waals surface area contributed by atoms with Crippen LogP contribution in [-0.2, 0) is 23.7 Å². The summed E-state index contributed by atoms with van der Waals surface area (Å²) < 4.78 is 21.0. The van der Waals surface area contributed by atoms with Crippen LogP contribution in [0.25, 0.3) is 0 Å². The van der Waals surface area contributed by atoms with E-state index >= 15 is 0 Å². The van der Waals surface area contributed by atoms with E-state index in [2.05, 4.69) is 11.8 Å². The Kier molecular flexibility index (Phi) is 6.81. The monoisotopic (exact) mass is 272 g/mol. The molecule has 0 amide bonds. The van der Waals surface area contributed by atoms with Gasteiger partial charge in [0.25, 0.3) is 0 Å². The van der Waals surface area contributed by atoms with Crippen molar-refractivity contribution in [3.8, 4) is 11.8 Å². The lowest BCUT2D eigenvalue weighted by Gasteiger charge is -2.16. The molecular weight excluding hydrogens is 252 g/mol. The van der Waals surface area contributed by atoms with Crippen molar-refractivity contribution in [3.63, 3.8) is 0 Å². The fourth-order valence-corrected chi connectivity index (χ4v) is 1.49. The van der Waals surface area contributed by atoms with E-state index in [-0.39, 0.29) is 44.9 Å². The summed E-state index contributed by atoms with van der Waals surface area (Å²) in [7, 11) is 0. The molecule has 1 N–H and O–H groups in total. The Morgan fingerprint density at radius 2 is 2.26 bits per heavy atom. The molecule has 6 nitrogen and oxygen atoms in total.